The lowest BCUT2D eigenvalue weighted by molar-refractivity contribution is -0.152. The van der Waals surface area contributed by atoms with Crippen LogP contribution < -0.4 is 31.9 Å². The Morgan fingerprint density at radius 3 is 1.80 bits per heavy atom. The Balaban J connectivity index is 1.16. The average molecular weight is 1080 g/mol. The molecule has 0 aromatic heterocycles. The van der Waals surface area contributed by atoms with Crippen molar-refractivity contribution in [1.82, 2.24) is 46.6 Å². The molecule has 4 aromatic carbocycles. The number of benzene rings is 4. The molecule has 424 valence electrons. The molecule has 1 saturated heterocycles. The highest BCUT2D eigenvalue weighted by atomic mass is 16.2. The van der Waals surface area contributed by atoms with Crippen molar-refractivity contribution in [3.05, 3.63) is 142 Å². The minimum atomic E-state index is -0.966. The van der Waals surface area contributed by atoms with E-state index in [0.717, 1.165) is 53.5 Å². The summed E-state index contributed by atoms with van der Waals surface area (Å²) < 4.78 is 0. The maximum absolute atomic E-state index is 15.7. The monoisotopic (exact) mass is 1080 g/mol. The van der Waals surface area contributed by atoms with Crippen molar-refractivity contribution >= 4 is 41.4 Å². The lowest BCUT2D eigenvalue weighted by Gasteiger charge is -2.44. The molecule has 0 spiro atoms. The number of carbonyl (C=O) groups is 7. The van der Waals surface area contributed by atoms with Gasteiger partial charge in [0, 0.05) is 37.7 Å². The van der Waals surface area contributed by atoms with Crippen LogP contribution in [0.2, 0.25) is 0 Å². The number of hydrogen-bond donors (Lipinski definition) is 6. The van der Waals surface area contributed by atoms with Crippen LogP contribution in [0.5, 0.6) is 0 Å². The van der Waals surface area contributed by atoms with Gasteiger partial charge in [-0.15, -0.1) is 0 Å². The first-order valence-corrected chi connectivity index (χ1v) is 28.3. The second-order valence-electron chi connectivity index (χ2n) is 24.0. The quantitative estimate of drug-likeness (QED) is 0.0593. The van der Waals surface area contributed by atoms with Crippen LogP contribution in [-0.2, 0) is 54.7 Å². The largest absolute Gasteiger partial charge is 0.347 e. The highest BCUT2D eigenvalue weighted by Gasteiger charge is 2.47. The fourth-order valence-corrected chi connectivity index (χ4v) is 11.2. The second kappa shape index (κ2) is 25.9. The summed E-state index contributed by atoms with van der Waals surface area (Å²) in [7, 11) is 3.36. The van der Waals surface area contributed by atoms with Crippen LogP contribution in [0.4, 0.5) is 0 Å². The number of amides is 7. The zero-order valence-corrected chi connectivity index (χ0v) is 48.3. The molecule has 0 radical (unpaired) electrons. The fourth-order valence-electron chi connectivity index (χ4n) is 11.2. The standard InChI is InChI=1S/C63H85N9O7/c1-12-21-50(43-23-14-13-15-24-43)70(59(77)52-34-45-25-16-17-26-46(45)37-71(52)60(78)53(62(4,5)6)68-55(73)39(2)64-10)36-41-30-32-44(33-31-41)57(75)66-47-35-51(58(76)67-49-29-20-27-42-22-18-19-28-48(42)49)72(38-47)61(79)54(63(7,8)9)69-56(74)40(3)65-11/h13-19,22-26,28,30-33,39-40,47,49-54,64-65H,12,20-21,27,29,34-38H2,1-11H3,(H,66,75)(H,67,76)(H,68,73)(H,69,74)/t39?,40?,47-,49+,50+,51-,52?,53?,54?/m0/s1. The Morgan fingerprint density at radius 2 is 1.22 bits per heavy atom. The zero-order valence-electron chi connectivity index (χ0n) is 48.3. The predicted molar refractivity (Wildman–Crippen MR) is 307 cm³/mol. The van der Waals surface area contributed by atoms with Crippen molar-refractivity contribution in [3.8, 4) is 0 Å². The van der Waals surface area contributed by atoms with E-state index < -0.39 is 64.9 Å². The molecular weight excluding hydrogens is 995 g/mol. The van der Waals surface area contributed by atoms with E-state index in [4.69, 9.17) is 0 Å². The lowest BCUT2D eigenvalue weighted by atomic mass is 9.84. The SMILES string of the molecule is CCC[C@H](c1ccccc1)N(Cc1ccc(C(=O)N[C@H]2C[C@@H](C(=O)N[C@@H]3CCCc4ccccc43)N(C(=O)C(NC(=O)C(C)NC)C(C)(C)C)C2)cc1)C(=O)C1Cc2ccccc2CN1C(=O)C(NC(=O)C(C)NC)C(C)(C)C. The smallest absolute Gasteiger partial charge is 0.251 e. The third kappa shape index (κ3) is 14.3. The van der Waals surface area contributed by atoms with Crippen LogP contribution in [0, 0.1) is 10.8 Å². The molecule has 7 amide bonds. The number of nitrogens with one attached hydrogen (secondary N) is 6. The van der Waals surface area contributed by atoms with E-state index in [-0.39, 0.29) is 74.1 Å². The van der Waals surface area contributed by atoms with Gasteiger partial charge in [-0.3, -0.25) is 33.6 Å². The van der Waals surface area contributed by atoms with Crippen molar-refractivity contribution in [2.75, 3.05) is 20.6 Å². The van der Waals surface area contributed by atoms with Crippen molar-refractivity contribution in [1.29, 1.82) is 0 Å². The van der Waals surface area contributed by atoms with Crippen LogP contribution in [0.15, 0.2) is 103 Å². The van der Waals surface area contributed by atoms with Gasteiger partial charge in [-0.05, 0) is 116 Å². The van der Waals surface area contributed by atoms with E-state index in [1.807, 2.05) is 131 Å². The Bertz CT molecular complexity index is 2810. The molecule has 5 unspecified atom stereocenters. The summed E-state index contributed by atoms with van der Waals surface area (Å²) in [6.45, 7) is 17.3. The maximum atomic E-state index is 15.7. The molecule has 16 heteroatoms. The highest BCUT2D eigenvalue weighted by molar-refractivity contribution is 5.97. The third-order valence-corrected chi connectivity index (χ3v) is 16.2. The Hall–Kier alpha value is -6.91. The summed E-state index contributed by atoms with van der Waals surface area (Å²) in [5.41, 5.74) is 4.81. The topological polar surface area (TPSA) is 201 Å². The van der Waals surface area contributed by atoms with Crippen molar-refractivity contribution in [2.24, 2.45) is 10.8 Å². The number of likely N-dealkylation sites (N-methyl/N-ethyl adjacent to an activating group) is 2. The third-order valence-electron chi connectivity index (χ3n) is 16.2. The van der Waals surface area contributed by atoms with E-state index >= 15 is 9.59 Å². The molecule has 4 aromatic rings. The first-order chi connectivity index (χ1) is 37.5. The van der Waals surface area contributed by atoms with Gasteiger partial charge in [-0.25, -0.2) is 0 Å². The predicted octanol–water partition coefficient (Wildman–Crippen LogP) is 6.68. The summed E-state index contributed by atoms with van der Waals surface area (Å²) in [5, 5.41) is 18.3. The van der Waals surface area contributed by atoms with Crippen molar-refractivity contribution in [2.45, 2.75) is 175 Å². The van der Waals surface area contributed by atoms with Gasteiger partial charge in [-0.2, -0.15) is 0 Å². The molecule has 0 bridgehead atoms. The van der Waals surface area contributed by atoms with Crippen LogP contribution in [0.25, 0.3) is 0 Å². The van der Waals surface area contributed by atoms with Gasteiger partial charge >= 0.3 is 0 Å². The van der Waals surface area contributed by atoms with Gasteiger partial charge in [0.25, 0.3) is 5.91 Å². The number of rotatable bonds is 19. The van der Waals surface area contributed by atoms with Crippen LogP contribution in [-0.4, -0.2) is 119 Å². The number of hydrogen-bond acceptors (Lipinski definition) is 9. The van der Waals surface area contributed by atoms with E-state index in [1.54, 1.807) is 45.0 Å². The molecule has 3 aliphatic rings. The van der Waals surface area contributed by atoms with Gasteiger partial charge in [-0.1, -0.05) is 146 Å². The van der Waals surface area contributed by atoms with Crippen LogP contribution >= 0.6 is 0 Å². The Kier molecular flexibility index (Phi) is 19.6. The number of aryl methyl sites for hydroxylation is 1. The minimum absolute atomic E-state index is 0.0461. The summed E-state index contributed by atoms with van der Waals surface area (Å²) >= 11 is 0. The number of carbonyl (C=O) groups excluding carboxylic acids is 7. The fraction of sp³-hybridized carbons (Fsp3) is 0.508. The highest BCUT2D eigenvalue weighted by Crippen LogP contribution is 2.35. The molecule has 2 aliphatic heterocycles. The first-order valence-electron chi connectivity index (χ1n) is 28.3. The van der Waals surface area contributed by atoms with Gasteiger partial charge < -0.3 is 46.6 Å². The number of nitrogens with zero attached hydrogens (tertiary/aromatic N) is 3. The minimum Gasteiger partial charge on any atom is -0.347 e. The first kappa shape index (κ1) is 59.7. The van der Waals surface area contributed by atoms with Crippen molar-refractivity contribution in [3.63, 3.8) is 0 Å². The average Bonchev–Trinajstić information content (AvgIpc) is 3.92. The zero-order chi connectivity index (χ0) is 57.3. The van der Waals surface area contributed by atoms with E-state index in [9.17, 15) is 24.0 Å². The molecule has 2 heterocycles. The van der Waals surface area contributed by atoms with Gasteiger partial charge in [0.2, 0.25) is 35.4 Å². The molecular formula is C63H85N9O7. The van der Waals surface area contributed by atoms with Gasteiger partial charge in [0.15, 0.2) is 0 Å². The number of likely N-dealkylation sites (tertiary alicyclic amines) is 1. The molecule has 9 atom stereocenters. The summed E-state index contributed by atoms with van der Waals surface area (Å²) in [6.07, 6.45) is 4.42. The molecule has 79 heavy (non-hydrogen) atoms. The molecule has 0 saturated carbocycles. The molecule has 1 aliphatic carbocycles. The number of fused-ring (bicyclic) bond motifs is 2. The lowest BCUT2D eigenvalue weighted by Crippen LogP contribution is -2.62. The molecule has 6 N–H and O–H groups in total. The van der Waals surface area contributed by atoms with E-state index in [1.165, 1.54) is 10.5 Å². The van der Waals surface area contributed by atoms with Crippen LogP contribution in [0.1, 0.15) is 150 Å². The summed E-state index contributed by atoms with van der Waals surface area (Å²) in [5.74, 6) is -2.35. The normalized spacial score (nSPS) is 20.0. The summed E-state index contributed by atoms with van der Waals surface area (Å²) in [4.78, 5) is 106. The molecule has 16 nitrogen and oxygen atoms in total. The van der Waals surface area contributed by atoms with E-state index in [2.05, 4.69) is 44.9 Å². The van der Waals surface area contributed by atoms with Crippen LogP contribution in [0.3, 0.4) is 0 Å². The Morgan fingerprint density at radius 1 is 0.658 bits per heavy atom. The van der Waals surface area contributed by atoms with E-state index in [0.29, 0.717) is 12.0 Å². The van der Waals surface area contributed by atoms with Gasteiger partial charge in [0.1, 0.15) is 24.2 Å². The molecule has 7 rings (SSSR count). The van der Waals surface area contributed by atoms with Gasteiger partial charge in [0.05, 0.1) is 24.2 Å². The maximum Gasteiger partial charge on any atom is 0.251 e. The van der Waals surface area contributed by atoms with Crippen molar-refractivity contribution < 1.29 is 33.6 Å². The molecule has 1 fully saturated rings. The summed E-state index contributed by atoms with van der Waals surface area (Å²) in [6, 6.07) is 26.9. The second-order valence-corrected chi connectivity index (χ2v) is 24.0. The Labute approximate surface area is 468 Å².